The monoisotopic (exact) mass is 365 g/mol. The van der Waals surface area contributed by atoms with Crippen LogP contribution in [0.3, 0.4) is 0 Å². The molecule has 0 saturated heterocycles. The Balaban J connectivity index is 1.67. The summed E-state index contributed by atoms with van der Waals surface area (Å²) in [6.07, 6.45) is 2.75. The predicted molar refractivity (Wildman–Crippen MR) is 109 cm³/mol. The maximum atomic E-state index is 12.4. The lowest BCUT2D eigenvalue weighted by Crippen LogP contribution is -2.16. The minimum absolute atomic E-state index is 0.0109. The van der Waals surface area contributed by atoms with Crippen molar-refractivity contribution in [2.24, 2.45) is 7.05 Å². The van der Waals surface area contributed by atoms with Crippen molar-refractivity contribution in [3.05, 3.63) is 65.9 Å². The Hall–Kier alpha value is -2.53. The second-order valence-electron chi connectivity index (χ2n) is 6.15. The van der Waals surface area contributed by atoms with Crippen LogP contribution in [0.15, 0.2) is 59.9 Å². The fourth-order valence-corrected chi connectivity index (χ4v) is 3.66. The van der Waals surface area contributed by atoms with Gasteiger partial charge in [-0.1, -0.05) is 67.2 Å². The third-order valence-corrected chi connectivity index (χ3v) is 5.40. The Morgan fingerprint density at radius 3 is 2.65 bits per heavy atom. The molecule has 5 heteroatoms. The molecular weight excluding hydrogens is 342 g/mol. The third kappa shape index (κ3) is 3.99. The van der Waals surface area contributed by atoms with Gasteiger partial charge in [0.2, 0.25) is 5.91 Å². The standard InChI is InChI=1S/C21H23N3OS/c1-4-16-12-8-9-15(2)20(16)23-19(25)14-26-21-22-13-18(24(21)3)17-10-6-5-7-11-17/h5-13H,4,14H2,1-3H3,(H,23,25). The van der Waals surface area contributed by atoms with Crippen LogP contribution in [0.1, 0.15) is 18.1 Å². The Bertz CT molecular complexity index is 903. The summed E-state index contributed by atoms with van der Waals surface area (Å²) in [5, 5.41) is 3.89. The number of thioether (sulfide) groups is 1. The van der Waals surface area contributed by atoms with Crippen molar-refractivity contribution >= 4 is 23.4 Å². The summed E-state index contributed by atoms with van der Waals surface area (Å²) >= 11 is 1.45. The van der Waals surface area contributed by atoms with Gasteiger partial charge in [0.1, 0.15) is 0 Å². The van der Waals surface area contributed by atoms with Crippen LogP contribution in [0.25, 0.3) is 11.3 Å². The first-order valence-electron chi connectivity index (χ1n) is 8.68. The lowest BCUT2D eigenvalue weighted by atomic mass is 10.1. The second kappa shape index (κ2) is 8.23. The number of imidazole rings is 1. The number of para-hydroxylation sites is 1. The zero-order valence-corrected chi connectivity index (χ0v) is 16.1. The number of hydrogen-bond acceptors (Lipinski definition) is 3. The Morgan fingerprint density at radius 1 is 1.15 bits per heavy atom. The van der Waals surface area contributed by atoms with Crippen LogP contribution in [-0.2, 0) is 18.3 Å². The van der Waals surface area contributed by atoms with E-state index in [2.05, 4.69) is 35.4 Å². The van der Waals surface area contributed by atoms with Crippen molar-refractivity contribution in [3.8, 4) is 11.3 Å². The van der Waals surface area contributed by atoms with Crippen LogP contribution in [-0.4, -0.2) is 21.2 Å². The summed E-state index contributed by atoms with van der Waals surface area (Å²) in [4.78, 5) is 16.9. The van der Waals surface area contributed by atoms with Gasteiger partial charge in [0, 0.05) is 12.7 Å². The zero-order valence-electron chi connectivity index (χ0n) is 15.3. The SMILES string of the molecule is CCc1cccc(C)c1NC(=O)CSc1ncc(-c2ccccc2)n1C. The molecule has 4 nitrogen and oxygen atoms in total. The Kier molecular flexibility index (Phi) is 5.78. The Morgan fingerprint density at radius 2 is 1.92 bits per heavy atom. The molecule has 0 aliphatic rings. The highest BCUT2D eigenvalue weighted by Gasteiger charge is 2.13. The molecule has 0 saturated carbocycles. The second-order valence-corrected chi connectivity index (χ2v) is 7.09. The normalized spacial score (nSPS) is 10.7. The highest BCUT2D eigenvalue weighted by molar-refractivity contribution is 7.99. The maximum Gasteiger partial charge on any atom is 0.234 e. The lowest BCUT2D eigenvalue weighted by Gasteiger charge is -2.13. The number of benzene rings is 2. The van der Waals surface area contributed by atoms with Gasteiger partial charge in [0.05, 0.1) is 17.6 Å². The number of nitrogens with zero attached hydrogens (tertiary/aromatic N) is 2. The number of amides is 1. The van der Waals surface area contributed by atoms with Gasteiger partial charge in [-0.15, -0.1) is 0 Å². The van der Waals surface area contributed by atoms with E-state index >= 15 is 0 Å². The summed E-state index contributed by atoms with van der Waals surface area (Å²) in [6.45, 7) is 4.12. The lowest BCUT2D eigenvalue weighted by molar-refractivity contribution is -0.113. The maximum absolute atomic E-state index is 12.4. The number of hydrogen-bond donors (Lipinski definition) is 1. The van der Waals surface area contributed by atoms with Gasteiger partial charge in [-0.25, -0.2) is 4.98 Å². The van der Waals surface area contributed by atoms with E-state index in [9.17, 15) is 4.79 Å². The summed E-state index contributed by atoms with van der Waals surface area (Å²) in [5.41, 5.74) is 5.34. The molecule has 1 N–H and O–H groups in total. The van der Waals surface area contributed by atoms with E-state index in [0.29, 0.717) is 5.75 Å². The molecule has 0 spiro atoms. The molecule has 2 aromatic carbocycles. The average Bonchev–Trinajstić information content (AvgIpc) is 3.03. The summed E-state index contributed by atoms with van der Waals surface area (Å²) in [7, 11) is 1.98. The molecule has 1 amide bonds. The van der Waals surface area contributed by atoms with E-state index in [1.807, 2.05) is 55.1 Å². The molecule has 134 valence electrons. The molecule has 0 unspecified atom stereocenters. The quantitative estimate of drug-likeness (QED) is 0.645. The van der Waals surface area contributed by atoms with E-state index in [-0.39, 0.29) is 5.91 Å². The smallest absolute Gasteiger partial charge is 0.234 e. The molecular formula is C21H23N3OS. The highest BCUT2D eigenvalue weighted by Crippen LogP contribution is 2.25. The molecule has 0 atom stereocenters. The Labute approximate surface area is 158 Å². The molecule has 0 fully saturated rings. The first-order valence-corrected chi connectivity index (χ1v) is 9.67. The van der Waals surface area contributed by atoms with Gasteiger partial charge >= 0.3 is 0 Å². The fourth-order valence-electron chi connectivity index (χ4n) is 2.91. The molecule has 0 bridgehead atoms. The van der Waals surface area contributed by atoms with E-state index in [4.69, 9.17) is 0 Å². The van der Waals surface area contributed by atoms with Crippen molar-refractivity contribution in [2.75, 3.05) is 11.1 Å². The van der Waals surface area contributed by atoms with E-state index < -0.39 is 0 Å². The van der Waals surface area contributed by atoms with Gasteiger partial charge in [0.25, 0.3) is 0 Å². The molecule has 1 aromatic heterocycles. The molecule has 1 heterocycles. The van der Waals surface area contributed by atoms with Crippen LogP contribution in [0, 0.1) is 6.92 Å². The molecule has 3 rings (SSSR count). The molecule has 3 aromatic rings. The minimum atomic E-state index is -0.0109. The van der Waals surface area contributed by atoms with Gasteiger partial charge in [-0.05, 0) is 30.0 Å². The van der Waals surface area contributed by atoms with Gasteiger partial charge in [-0.2, -0.15) is 0 Å². The van der Waals surface area contributed by atoms with Gasteiger partial charge in [-0.3, -0.25) is 4.79 Å². The van der Waals surface area contributed by atoms with Crippen LogP contribution in [0.4, 0.5) is 5.69 Å². The van der Waals surface area contributed by atoms with Gasteiger partial charge in [0.15, 0.2) is 5.16 Å². The average molecular weight is 366 g/mol. The molecule has 0 aliphatic heterocycles. The minimum Gasteiger partial charge on any atom is -0.325 e. The zero-order chi connectivity index (χ0) is 18.5. The number of nitrogens with one attached hydrogen (secondary N) is 1. The van der Waals surface area contributed by atoms with Crippen LogP contribution < -0.4 is 5.32 Å². The molecule has 26 heavy (non-hydrogen) atoms. The number of carbonyl (C=O) groups is 1. The first kappa shape index (κ1) is 18.3. The predicted octanol–water partition coefficient (Wildman–Crippen LogP) is 4.69. The fraction of sp³-hybridized carbons (Fsp3) is 0.238. The third-order valence-electron chi connectivity index (χ3n) is 4.35. The molecule has 0 aliphatic carbocycles. The summed E-state index contributed by atoms with van der Waals surface area (Å²) < 4.78 is 2.03. The van der Waals surface area contributed by atoms with Crippen molar-refractivity contribution in [3.63, 3.8) is 0 Å². The van der Waals surface area contributed by atoms with Crippen molar-refractivity contribution < 1.29 is 4.79 Å². The van der Waals surface area contributed by atoms with E-state index in [1.165, 1.54) is 11.8 Å². The summed E-state index contributed by atoms with van der Waals surface area (Å²) in [5.74, 6) is 0.319. The van der Waals surface area contributed by atoms with Crippen LogP contribution in [0.2, 0.25) is 0 Å². The first-order chi connectivity index (χ1) is 12.6. The van der Waals surface area contributed by atoms with Crippen LogP contribution >= 0.6 is 11.8 Å². The number of rotatable bonds is 6. The molecule has 0 radical (unpaired) electrons. The summed E-state index contributed by atoms with van der Waals surface area (Å²) in [6, 6.07) is 16.2. The van der Waals surface area contributed by atoms with Gasteiger partial charge < -0.3 is 9.88 Å². The number of anilines is 1. The topological polar surface area (TPSA) is 46.9 Å². The van der Waals surface area contributed by atoms with Crippen molar-refractivity contribution in [1.82, 2.24) is 9.55 Å². The highest BCUT2D eigenvalue weighted by atomic mass is 32.2. The number of aromatic nitrogens is 2. The van der Waals surface area contributed by atoms with Crippen molar-refractivity contribution in [2.45, 2.75) is 25.4 Å². The number of carbonyl (C=O) groups excluding carboxylic acids is 1. The van der Waals surface area contributed by atoms with E-state index in [0.717, 1.165) is 39.6 Å². The van der Waals surface area contributed by atoms with E-state index in [1.54, 1.807) is 0 Å². The number of aryl methyl sites for hydroxylation is 2. The van der Waals surface area contributed by atoms with Crippen molar-refractivity contribution in [1.29, 1.82) is 0 Å². The largest absolute Gasteiger partial charge is 0.325 e. The van der Waals surface area contributed by atoms with Crippen LogP contribution in [0.5, 0.6) is 0 Å².